The molecule has 0 saturated carbocycles. The molecule has 336 valence electrons. The normalized spacial score (nSPS) is 17.2. The molecule has 4 aromatic rings. The SMILES string of the molecule is C.CC(C)(c1ccc(O)cc1)c1ccc(O)cc1.CCC1(COS(C)(=O)=O)COC1.CCC1(COc2ccc(C(C)(C)c3ccc(OCC4(CC)COC4)cc3)cc2)COC1. The highest BCUT2D eigenvalue weighted by Gasteiger charge is 2.39. The van der Waals surface area contributed by atoms with Gasteiger partial charge in [0.2, 0.25) is 0 Å². The maximum absolute atomic E-state index is 10.7. The van der Waals surface area contributed by atoms with E-state index in [1.807, 2.05) is 31.2 Å². The van der Waals surface area contributed by atoms with E-state index in [4.69, 9.17) is 27.9 Å². The van der Waals surface area contributed by atoms with E-state index in [1.54, 1.807) is 24.3 Å². The molecular weight excluding hydrogens is 793 g/mol. The first-order chi connectivity index (χ1) is 28.4. The van der Waals surface area contributed by atoms with Crippen LogP contribution >= 0.6 is 0 Å². The maximum Gasteiger partial charge on any atom is 0.264 e. The van der Waals surface area contributed by atoms with Crippen molar-refractivity contribution < 1.29 is 46.5 Å². The monoisotopic (exact) mass is 862 g/mol. The molecular formula is C50H70O10S. The summed E-state index contributed by atoms with van der Waals surface area (Å²) in [5.41, 5.74) is 4.88. The second-order valence-electron chi connectivity index (χ2n) is 18.0. The molecule has 3 heterocycles. The molecule has 0 amide bonds. The number of aromatic hydroxyl groups is 2. The lowest BCUT2D eigenvalue weighted by Gasteiger charge is -2.40. The Morgan fingerprint density at radius 2 is 0.770 bits per heavy atom. The molecule has 0 aromatic heterocycles. The Morgan fingerprint density at radius 1 is 0.508 bits per heavy atom. The zero-order chi connectivity index (χ0) is 43.7. The zero-order valence-electron chi connectivity index (χ0n) is 36.8. The number of phenolic OH excluding ortho intramolecular Hbond substituents is 2. The molecule has 2 N–H and O–H groups in total. The Balaban J connectivity index is 0.000000229. The average Bonchev–Trinajstić information content (AvgIpc) is 3.18. The molecule has 0 atom stereocenters. The molecule has 3 aliphatic heterocycles. The van der Waals surface area contributed by atoms with Gasteiger partial charge in [0.25, 0.3) is 10.1 Å². The van der Waals surface area contributed by atoms with Gasteiger partial charge < -0.3 is 33.9 Å². The van der Waals surface area contributed by atoms with Crippen LogP contribution in [0.4, 0.5) is 0 Å². The lowest BCUT2D eigenvalue weighted by Crippen LogP contribution is -2.46. The summed E-state index contributed by atoms with van der Waals surface area (Å²) in [6.45, 7) is 21.3. The number of hydrogen-bond donors (Lipinski definition) is 2. The van der Waals surface area contributed by atoms with Gasteiger partial charge in [0.05, 0.1) is 76.5 Å². The molecule has 3 aliphatic rings. The fourth-order valence-corrected chi connectivity index (χ4v) is 7.53. The minimum Gasteiger partial charge on any atom is -0.508 e. The third kappa shape index (κ3) is 13.0. The summed E-state index contributed by atoms with van der Waals surface area (Å²) < 4.78 is 54.0. The molecule has 0 bridgehead atoms. The summed E-state index contributed by atoms with van der Waals surface area (Å²) in [6, 6.07) is 31.5. The molecule has 3 fully saturated rings. The van der Waals surface area contributed by atoms with E-state index in [0.717, 1.165) is 87.8 Å². The fraction of sp³-hybridized carbons (Fsp3) is 0.520. The number of ether oxygens (including phenoxy) is 5. The molecule has 61 heavy (non-hydrogen) atoms. The van der Waals surface area contributed by atoms with E-state index in [1.165, 1.54) is 11.1 Å². The Morgan fingerprint density at radius 3 is 1.00 bits per heavy atom. The van der Waals surface area contributed by atoms with Crippen LogP contribution in [0.5, 0.6) is 23.0 Å². The third-order valence-electron chi connectivity index (χ3n) is 12.7. The molecule has 10 nitrogen and oxygen atoms in total. The van der Waals surface area contributed by atoms with E-state index in [9.17, 15) is 18.6 Å². The minimum atomic E-state index is -3.30. The van der Waals surface area contributed by atoms with Crippen LogP contribution in [0.3, 0.4) is 0 Å². The Labute approximate surface area is 365 Å². The first-order valence-corrected chi connectivity index (χ1v) is 22.8. The van der Waals surface area contributed by atoms with E-state index in [2.05, 4.69) is 90.1 Å². The first kappa shape index (κ1) is 49.5. The van der Waals surface area contributed by atoms with Crippen LogP contribution in [-0.2, 0) is 39.3 Å². The highest BCUT2D eigenvalue weighted by atomic mass is 32.2. The second-order valence-corrected chi connectivity index (χ2v) is 19.6. The van der Waals surface area contributed by atoms with E-state index in [0.29, 0.717) is 13.2 Å². The topological polar surface area (TPSA) is 130 Å². The molecule has 0 radical (unpaired) electrons. The van der Waals surface area contributed by atoms with Crippen molar-refractivity contribution in [1.29, 1.82) is 0 Å². The lowest BCUT2D eigenvalue weighted by atomic mass is 9.78. The molecule has 11 heteroatoms. The Kier molecular flexibility index (Phi) is 16.9. The molecule has 4 aromatic carbocycles. The van der Waals surface area contributed by atoms with Gasteiger partial charge in [-0.3, -0.25) is 4.18 Å². The quantitative estimate of drug-likeness (QED) is 0.105. The lowest BCUT2D eigenvalue weighted by molar-refractivity contribution is -0.133. The van der Waals surface area contributed by atoms with Crippen molar-refractivity contribution in [2.45, 2.75) is 86.0 Å². The van der Waals surface area contributed by atoms with Crippen molar-refractivity contribution in [1.82, 2.24) is 0 Å². The van der Waals surface area contributed by atoms with Crippen LogP contribution in [-0.4, -0.2) is 84.3 Å². The van der Waals surface area contributed by atoms with Crippen molar-refractivity contribution in [3.05, 3.63) is 119 Å². The number of phenols is 2. The summed E-state index contributed by atoms with van der Waals surface area (Å²) in [7, 11) is -3.30. The molecule has 7 rings (SSSR count). The number of rotatable bonds is 16. The van der Waals surface area contributed by atoms with Crippen LogP contribution in [0.15, 0.2) is 97.1 Å². The van der Waals surface area contributed by atoms with Crippen molar-refractivity contribution in [3.8, 4) is 23.0 Å². The molecule has 0 spiro atoms. The molecule has 0 unspecified atom stereocenters. The van der Waals surface area contributed by atoms with Crippen LogP contribution < -0.4 is 9.47 Å². The summed E-state index contributed by atoms with van der Waals surface area (Å²) in [6.07, 6.45) is 4.13. The van der Waals surface area contributed by atoms with Crippen molar-refractivity contribution in [3.63, 3.8) is 0 Å². The average molecular weight is 863 g/mol. The Bertz CT molecular complexity index is 1890. The van der Waals surface area contributed by atoms with E-state index < -0.39 is 10.1 Å². The van der Waals surface area contributed by atoms with Gasteiger partial charge in [0, 0.05) is 16.2 Å². The van der Waals surface area contributed by atoms with Gasteiger partial charge in [-0.05, 0) is 90.0 Å². The summed E-state index contributed by atoms with van der Waals surface area (Å²) >= 11 is 0. The van der Waals surface area contributed by atoms with Gasteiger partial charge in [-0.2, -0.15) is 8.42 Å². The van der Waals surface area contributed by atoms with Gasteiger partial charge in [-0.25, -0.2) is 0 Å². The minimum absolute atomic E-state index is 0. The standard InChI is InChI=1S/C27H36O4.C15H16O2.C7H14O4S.CH4/c1-5-26(15-28-16-26)19-30-23-11-7-21(8-12-23)25(3,4)22-9-13-24(14-10-22)31-20-27(6-2)17-29-18-27;1-15(2,11-3-7-13(16)8-4-11)12-5-9-14(17)10-6-12;1-3-7(4-10-5-7)6-11-12(2,8)9;/h7-14H,5-6,15-20H2,1-4H3;3-10,16-17H,1-2H3;3-6H2,1-2H3;1H4. The van der Waals surface area contributed by atoms with Crippen LogP contribution in [0, 0.1) is 16.2 Å². The van der Waals surface area contributed by atoms with Gasteiger partial charge in [-0.1, -0.05) is 104 Å². The molecule has 0 aliphatic carbocycles. The van der Waals surface area contributed by atoms with Gasteiger partial charge in [0.15, 0.2) is 0 Å². The highest BCUT2D eigenvalue weighted by Crippen LogP contribution is 2.37. The summed E-state index contributed by atoms with van der Waals surface area (Å²) in [5.74, 6) is 2.39. The van der Waals surface area contributed by atoms with Crippen molar-refractivity contribution >= 4 is 10.1 Å². The van der Waals surface area contributed by atoms with Gasteiger partial charge in [0.1, 0.15) is 23.0 Å². The van der Waals surface area contributed by atoms with Crippen molar-refractivity contribution in [2.75, 3.05) is 65.7 Å². The molecule has 3 saturated heterocycles. The smallest absolute Gasteiger partial charge is 0.264 e. The van der Waals surface area contributed by atoms with Crippen molar-refractivity contribution in [2.24, 2.45) is 16.2 Å². The Hall–Kier alpha value is -4.13. The highest BCUT2D eigenvalue weighted by molar-refractivity contribution is 7.85. The van der Waals surface area contributed by atoms with Crippen LogP contribution in [0.2, 0.25) is 0 Å². The summed E-state index contributed by atoms with van der Waals surface area (Å²) in [5, 5.41) is 18.6. The number of hydrogen-bond acceptors (Lipinski definition) is 10. The third-order valence-corrected chi connectivity index (χ3v) is 13.2. The zero-order valence-corrected chi connectivity index (χ0v) is 37.6. The second kappa shape index (κ2) is 20.8. The van der Waals surface area contributed by atoms with Crippen LogP contribution in [0.25, 0.3) is 0 Å². The largest absolute Gasteiger partial charge is 0.508 e. The fourth-order valence-electron chi connectivity index (χ4n) is 7.07. The van der Waals surface area contributed by atoms with Gasteiger partial charge in [-0.15, -0.1) is 0 Å². The first-order valence-electron chi connectivity index (χ1n) is 21.0. The predicted octanol–water partition coefficient (Wildman–Crippen LogP) is 10.1. The predicted molar refractivity (Wildman–Crippen MR) is 242 cm³/mol. The summed E-state index contributed by atoms with van der Waals surface area (Å²) in [4.78, 5) is 0. The maximum atomic E-state index is 10.7. The van der Waals surface area contributed by atoms with Gasteiger partial charge >= 0.3 is 0 Å². The number of benzene rings is 4. The van der Waals surface area contributed by atoms with E-state index >= 15 is 0 Å². The van der Waals surface area contributed by atoms with E-state index in [-0.39, 0.29) is 52.6 Å². The van der Waals surface area contributed by atoms with Crippen LogP contribution in [0.1, 0.15) is 97.4 Å².